The maximum absolute atomic E-state index is 14.1. The zero-order valence-corrected chi connectivity index (χ0v) is 10.6. The second-order valence-electron chi connectivity index (χ2n) is 4.48. The van der Waals surface area contributed by atoms with E-state index in [0.29, 0.717) is 24.9 Å². The highest BCUT2D eigenvalue weighted by atomic mass is 19.1. The maximum atomic E-state index is 14.1. The number of primary amides is 1. The van der Waals surface area contributed by atoms with Crippen LogP contribution in [0.4, 0.5) is 4.39 Å². The minimum absolute atomic E-state index is 0.0389. The smallest absolute Gasteiger partial charge is 0.282 e. The van der Waals surface area contributed by atoms with Crippen molar-refractivity contribution >= 4 is 11.9 Å². The van der Waals surface area contributed by atoms with Gasteiger partial charge in [-0.15, -0.1) is 0 Å². The van der Waals surface area contributed by atoms with Gasteiger partial charge in [-0.3, -0.25) is 4.79 Å². The van der Waals surface area contributed by atoms with Crippen molar-refractivity contribution in [2.75, 3.05) is 6.54 Å². The Morgan fingerprint density at radius 2 is 2.32 bits per heavy atom. The monoisotopic (exact) mass is 265 g/mol. The predicted molar refractivity (Wildman–Crippen MR) is 69.1 cm³/mol. The molecule has 102 valence electrons. The molecule has 0 spiro atoms. The second kappa shape index (κ2) is 4.87. The molecular formula is C13H16FN3O2. The number of nitrogens with two attached hydrogens (primary N) is 2. The zero-order chi connectivity index (χ0) is 14.0. The molecule has 6 heteroatoms. The molecule has 2 rings (SSSR count). The highest BCUT2D eigenvalue weighted by Gasteiger charge is 2.38. The first-order chi connectivity index (χ1) is 8.98. The van der Waals surface area contributed by atoms with Gasteiger partial charge in [0.2, 0.25) is 5.91 Å². The van der Waals surface area contributed by atoms with Crippen LogP contribution in [0, 0.1) is 5.82 Å². The van der Waals surface area contributed by atoms with Crippen molar-refractivity contribution in [3.05, 3.63) is 35.1 Å². The lowest BCUT2D eigenvalue weighted by Gasteiger charge is -2.36. The molecule has 5 nitrogen and oxygen atoms in total. The summed E-state index contributed by atoms with van der Waals surface area (Å²) in [5.41, 5.74) is 10.5. The molecule has 0 saturated heterocycles. The van der Waals surface area contributed by atoms with Crippen LogP contribution < -0.4 is 11.5 Å². The Hall–Kier alpha value is -2.11. The van der Waals surface area contributed by atoms with E-state index in [1.54, 1.807) is 0 Å². The Balaban J connectivity index is 2.51. The third-order valence-electron chi connectivity index (χ3n) is 3.40. The fourth-order valence-corrected chi connectivity index (χ4v) is 2.29. The van der Waals surface area contributed by atoms with Gasteiger partial charge in [-0.25, -0.2) is 9.38 Å². The molecular weight excluding hydrogens is 249 g/mol. The van der Waals surface area contributed by atoms with Gasteiger partial charge in [0.15, 0.2) is 0 Å². The lowest BCUT2D eigenvalue weighted by molar-refractivity contribution is 0.0247. The van der Waals surface area contributed by atoms with Gasteiger partial charge in [-0.2, -0.15) is 0 Å². The van der Waals surface area contributed by atoms with Gasteiger partial charge < -0.3 is 16.2 Å². The molecule has 1 atom stereocenters. The highest BCUT2D eigenvalue weighted by Crippen LogP contribution is 2.37. The minimum Gasteiger partial charge on any atom is -0.454 e. The molecule has 1 aliphatic rings. The van der Waals surface area contributed by atoms with Crippen molar-refractivity contribution < 1.29 is 13.9 Å². The van der Waals surface area contributed by atoms with Crippen molar-refractivity contribution in [2.45, 2.75) is 25.4 Å². The van der Waals surface area contributed by atoms with E-state index in [2.05, 4.69) is 4.99 Å². The second-order valence-corrected chi connectivity index (χ2v) is 4.48. The summed E-state index contributed by atoms with van der Waals surface area (Å²) in [5, 5.41) is 0. The van der Waals surface area contributed by atoms with E-state index in [0.717, 1.165) is 0 Å². The Bertz CT molecular complexity index is 545. The molecule has 0 bridgehead atoms. The van der Waals surface area contributed by atoms with Crippen molar-refractivity contribution in [1.29, 1.82) is 0 Å². The van der Waals surface area contributed by atoms with Crippen molar-refractivity contribution in [3.63, 3.8) is 0 Å². The molecule has 1 amide bonds. The Labute approximate surface area is 110 Å². The summed E-state index contributed by atoms with van der Waals surface area (Å²) in [6.07, 6.45) is 1.02. The Kier molecular flexibility index (Phi) is 3.42. The van der Waals surface area contributed by atoms with E-state index in [9.17, 15) is 9.18 Å². The fourth-order valence-electron chi connectivity index (χ4n) is 2.29. The normalized spacial score (nSPS) is 22.5. The number of hydrogen-bond donors (Lipinski definition) is 2. The molecule has 1 heterocycles. The summed E-state index contributed by atoms with van der Waals surface area (Å²) in [7, 11) is 0. The number of halogens is 1. The summed E-state index contributed by atoms with van der Waals surface area (Å²) < 4.78 is 19.6. The maximum Gasteiger partial charge on any atom is 0.282 e. The van der Waals surface area contributed by atoms with Crippen molar-refractivity contribution in [2.24, 2.45) is 16.5 Å². The summed E-state index contributed by atoms with van der Waals surface area (Å²) in [5.74, 6) is -1.05. The van der Waals surface area contributed by atoms with Gasteiger partial charge in [0.25, 0.3) is 6.02 Å². The molecule has 1 aliphatic heterocycles. The molecule has 0 aromatic heterocycles. The van der Waals surface area contributed by atoms with Gasteiger partial charge in [0.05, 0.1) is 0 Å². The van der Waals surface area contributed by atoms with Crippen LogP contribution in [-0.2, 0) is 10.3 Å². The van der Waals surface area contributed by atoms with E-state index in [1.807, 2.05) is 6.92 Å². The van der Waals surface area contributed by atoms with E-state index in [-0.39, 0.29) is 11.6 Å². The largest absolute Gasteiger partial charge is 0.454 e. The van der Waals surface area contributed by atoms with Crippen LogP contribution in [0.25, 0.3) is 0 Å². The average molecular weight is 265 g/mol. The van der Waals surface area contributed by atoms with E-state index < -0.39 is 17.3 Å². The van der Waals surface area contributed by atoms with Crippen LogP contribution in [0.1, 0.15) is 35.7 Å². The standard InChI is InChI=1S/C13H16FN3O2/c1-2-13(5-6-17-12(16)19-13)9-7-8(11(15)18)3-4-10(9)14/h3-4,7H,2,5-6H2,1H3,(H2,15,18)(H2,16,17)/t13-/m0/s1. The molecule has 0 radical (unpaired) electrons. The van der Waals surface area contributed by atoms with E-state index in [1.165, 1.54) is 18.2 Å². The van der Waals surface area contributed by atoms with Crippen LogP contribution >= 0.6 is 0 Å². The number of amidine groups is 1. The van der Waals surface area contributed by atoms with Gasteiger partial charge in [0, 0.05) is 24.1 Å². The highest BCUT2D eigenvalue weighted by molar-refractivity contribution is 5.93. The van der Waals surface area contributed by atoms with Crippen LogP contribution in [0.5, 0.6) is 0 Å². The third kappa shape index (κ3) is 2.38. The van der Waals surface area contributed by atoms with Crippen LogP contribution in [-0.4, -0.2) is 18.5 Å². The van der Waals surface area contributed by atoms with Crippen molar-refractivity contribution in [3.8, 4) is 0 Å². The van der Waals surface area contributed by atoms with E-state index in [4.69, 9.17) is 16.2 Å². The Morgan fingerprint density at radius 1 is 1.58 bits per heavy atom. The minimum atomic E-state index is -0.888. The number of amides is 1. The summed E-state index contributed by atoms with van der Waals surface area (Å²) in [4.78, 5) is 15.2. The van der Waals surface area contributed by atoms with Crippen molar-refractivity contribution in [1.82, 2.24) is 0 Å². The quantitative estimate of drug-likeness (QED) is 0.862. The number of aliphatic imine (C=N–C) groups is 1. The summed E-state index contributed by atoms with van der Waals surface area (Å²) in [6.45, 7) is 2.33. The number of benzene rings is 1. The summed E-state index contributed by atoms with van der Waals surface area (Å²) in [6, 6.07) is 4.04. The lowest BCUT2D eigenvalue weighted by Crippen LogP contribution is -2.40. The number of carbonyl (C=O) groups excluding carboxylic acids is 1. The molecule has 0 saturated carbocycles. The SMILES string of the molecule is CC[C@@]1(c2cc(C(N)=O)ccc2F)CCN=C(N)O1. The topological polar surface area (TPSA) is 90.7 Å². The molecule has 0 fully saturated rings. The first-order valence-corrected chi connectivity index (χ1v) is 6.07. The van der Waals surface area contributed by atoms with Gasteiger partial charge >= 0.3 is 0 Å². The fraction of sp³-hybridized carbons (Fsp3) is 0.385. The van der Waals surface area contributed by atoms with Gasteiger partial charge in [0.1, 0.15) is 11.4 Å². The van der Waals surface area contributed by atoms with E-state index >= 15 is 0 Å². The average Bonchev–Trinajstić information content (AvgIpc) is 2.38. The summed E-state index contributed by atoms with van der Waals surface area (Å²) >= 11 is 0. The van der Waals surface area contributed by atoms with Crippen LogP contribution in [0.3, 0.4) is 0 Å². The number of hydrogen-bond acceptors (Lipinski definition) is 4. The van der Waals surface area contributed by atoms with Crippen LogP contribution in [0.15, 0.2) is 23.2 Å². The molecule has 1 aromatic carbocycles. The first kappa shape index (κ1) is 13.3. The number of ether oxygens (including phenoxy) is 1. The Morgan fingerprint density at radius 3 is 2.89 bits per heavy atom. The van der Waals surface area contributed by atoms with Crippen LogP contribution in [0.2, 0.25) is 0 Å². The number of nitrogens with zero attached hydrogens (tertiary/aromatic N) is 1. The molecule has 0 unspecified atom stereocenters. The van der Waals surface area contributed by atoms with Gasteiger partial charge in [-0.05, 0) is 24.6 Å². The molecule has 19 heavy (non-hydrogen) atoms. The predicted octanol–water partition coefficient (Wildman–Crippen LogP) is 1.26. The van der Waals surface area contributed by atoms with Gasteiger partial charge in [-0.1, -0.05) is 6.92 Å². The molecule has 4 N–H and O–H groups in total. The number of carbonyl (C=O) groups is 1. The lowest BCUT2D eigenvalue weighted by atomic mass is 9.85. The zero-order valence-electron chi connectivity index (χ0n) is 10.6. The number of rotatable bonds is 3. The first-order valence-electron chi connectivity index (χ1n) is 6.07. The third-order valence-corrected chi connectivity index (χ3v) is 3.40. The molecule has 1 aromatic rings. The molecule has 0 aliphatic carbocycles.